The van der Waals surface area contributed by atoms with Gasteiger partial charge in [0.1, 0.15) is 12.2 Å². The molecule has 10 atom stereocenters. The number of aliphatic hydroxyl groups excluding tert-OH is 3. The van der Waals surface area contributed by atoms with Crippen LogP contribution in [0.2, 0.25) is 0 Å². The minimum Gasteiger partial charge on any atom is -0.481 e. The lowest BCUT2D eigenvalue weighted by Crippen LogP contribution is -2.43. The number of hydrogen-bond acceptors (Lipinski definition) is 9. The van der Waals surface area contributed by atoms with Crippen LogP contribution in [0.1, 0.15) is 86.0 Å². The van der Waals surface area contributed by atoms with Gasteiger partial charge in [0, 0.05) is 24.8 Å². The van der Waals surface area contributed by atoms with Crippen molar-refractivity contribution >= 4 is 17.9 Å². The topological polar surface area (TPSA) is 177 Å². The highest BCUT2D eigenvalue weighted by atomic mass is 16.6. The van der Waals surface area contributed by atoms with Gasteiger partial charge >= 0.3 is 17.9 Å². The summed E-state index contributed by atoms with van der Waals surface area (Å²) in [6.45, 7) is 9.70. The standard InChI is InChI=1S/C31H51NO9/c1-6-18(4)31(39)41-27-14-22(34)12-20-8-7-19(5)24(30(20)27)10-9-21(33)13-23(15-28(36)37)40-29(38)16-26(35)25(32)11-17(2)3/h7-8,12,17-19,21-27,30,33-35H,6,9-11,13-16,32H2,1-5H3,(H,36,37)/t18-,19-,21+,22+,23+,24-,25-,26-,27-,30-/m0/s1. The lowest BCUT2D eigenvalue weighted by atomic mass is 9.66. The Hall–Kier alpha value is -2.27. The number of nitrogens with two attached hydrogens (primary N) is 1. The van der Waals surface area contributed by atoms with Crippen molar-refractivity contribution in [3.8, 4) is 0 Å². The van der Waals surface area contributed by atoms with E-state index in [0.717, 1.165) is 5.57 Å². The summed E-state index contributed by atoms with van der Waals surface area (Å²) in [4.78, 5) is 36.5. The number of carbonyl (C=O) groups is 3. The Morgan fingerprint density at radius 1 is 1.12 bits per heavy atom. The van der Waals surface area contributed by atoms with Crippen molar-refractivity contribution in [2.45, 2.75) is 123 Å². The number of aliphatic carboxylic acids is 1. The number of hydrogen-bond donors (Lipinski definition) is 5. The number of aliphatic hydroxyl groups is 3. The quantitative estimate of drug-likeness (QED) is 0.170. The molecule has 6 N–H and O–H groups in total. The highest BCUT2D eigenvalue weighted by molar-refractivity contribution is 5.72. The molecule has 0 unspecified atom stereocenters. The molecule has 10 heteroatoms. The van der Waals surface area contributed by atoms with Crippen molar-refractivity contribution in [1.29, 1.82) is 0 Å². The van der Waals surface area contributed by atoms with Gasteiger partial charge in [-0.2, -0.15) is 0 Å². The number of ether oxygens (including phenoxy) is 2. The molecule has 0 saturated heterocycles. The van der Waals surface area contributed by atoms with Gasteiger partial charge in [-0.05, 0) is 49.0 Å². The Balaban J connectivity index is 2.05. The summed E-state index contributed by atoms with van der Waals surface area (Å²) in [5.74, 6) is -2.24. The van der Waals surface area contributed by atoms with E-state index in [0.29, 0.717) is 32.1 Å². The molecule has 2 aliphatic rings. The Morgan fingerprint density at radius 2 is 1.80 bits per heavy atom. The third-order valence-corrected chi connectivity index (χ3v) is 8.34. The fourth-order valence-electron chi connectivity index (χ4n) is 5.85. The van der Waals surface area contributed by atoms with Crippen molar-refractivity contribution in [1.82, 2.24) is 0 Å². The normalized spacial score (nSPS) is 27.7. The van der Waals surface area contributed by atoms with E-state index in [1.165, 1.54) is 0 Å². The van der Waals surface area contributed by atoms with Crippen molar-refractivity contribution < 1.29 is 44.3 Å². The summed E-state index contributed by atoms with van der Waals surface area (Å²) in [7, 11) is 0. The zero-order chi connectivity index (χ0) is 30.9. The minimum atomic E-state index is -1.17. The Bertz CT molecular complexity index is 933. The SMILES string of the molecule is CC[C@H](C)C(=O)O[C@H]1C[C@H](O)C=C2C=C[C@H](C)[C@H](CC[C@@H](O)C[C@H](CC(=O)O)OC(=O)C[C@H](O)[C@@H](N)CC(C)C)[C@H]21. The van der Waals surface area contributed by atoms with Gasteiger partial charge in [-0.3, -0.25) is 14.4 Å². The summed E-state index contributed by atoms with van der Waals surface area (Å²) in [6, 6.07) is -0.606. The number of fused-ring (bicyclic) bond motifs is 1. The molecule has 41 heavy (non-hydrogen) atoms. The van der Waals surface area contributed by atoms with E-state index >= 15 is 0 Å². The van der Waals surface area contributed by atoms with Gasteiger partial charge in [0.25, 0.3) is 0 Å². The Labute approximate surface area is 244 Å². The van der Waals surface area contributed by atoms with E-state index in [-0.39, 0.29) is 48.4 Å². The van der Waals surface area contributed by atoms with Crippen LogP contribution >= 0.6 is 0 Å². The summed E-state index contributed by atoms with van der Waals surface area (Å²) < 4.78 is 11.3. The molecule has 0 radical (unpaired) electrons. The zero-order valence-corrected chi connectivity index (χ0v) is 25.1. The molecule has 0 aliphatic heterocycles. The summed E-state index contributed by atoms with van der Waals surface area (Å²) in [6.07, 6.45) is 2.95. The molecule has 0 fully saturated rings. The van der Waals surface area contributed by atoms with E-state index in [1.807, 2.05) is 33.8 Å². The van der Waals surface area contributed by atoms with Crippen LogP contribution in [-0.2, 0) is 23.9 Å². The van der Waals surface area contributed by atoms with Crippen molar-refractivity contribution in [3.05, 3.63) is 23.8 Å². The van der Waals surface area contributed by atoms with Gasteiger partial charge in [-0.1, -0.05) is 52.8 Å². The molecule has 0 aromatic heterocycles. The van der Waals surface area contributed by atoms with Crippen LogP contribution in [0.15, 0.2) is 23.8 Å². The summed E-state index contributed by atoms with van der Waals surface area (Å²) >= 11 is 0. The first-order valence-electron chi connectivity index (χ1n) is 15.0. The number of rotatable bonds is 16. The van der Waals surface area contributed by atoms with Gasteiger partial charge < -0.3 is 35.6 Å². The maximum Gasteiger partial charge on any atom is 0.308 e. The van der Waals surface area contributed by atoms with Crippen molar-refractivity contribution in [2.24, 2.45) is 35.3 Å². The predicted octanol–water partition coefficient (Wildman–Crippen LogP) is 3.12. The third-order valence-electron chi connectivity index (χ3n) is 8.34. The van der Waals surface area contributed by atoms with Crippen LogP contribution in [0.5, 0.6) is 0 Å². The van der Waals surface area contributed by atoms with Crippen LogP contribution in [0, 0.1) is 29.6 Å². The fraction of sp³-hybridized carbons (Fsp3) is 0.774. The van der Waals surface area contributed by atoms with Crippen LogP contribution < -0.4 is 5.73 Å². The Kier molecular flexibility index (Phi) is 14.0. The first kappa shape index (κ1) is 34.9. The van der Waals surface area contributed by atoms with E-state index in [4.69, 9.17) is 15.2 Å². The average Bonchev–Trinajstić information content (AvgIpc) is 2.86. The number of carbonyl (C=O) groups excluding carboxylic acids is 2. The molecule has 10 nitrogen and oxygen atoms in total. The largest absolute Gasteiger partial charge is 0.481 e. The second kappa shape index (κ2) is 16.4. The third kappa shape index (κ3) is 11.1. The highest BCUT2D eigenvalue weighted by Crippen LogP contribution is 2.44. The molecule has 0 bridgehead atoms. The maximum absolute atomic E-state index is 12.6. The first-order chi connectivity index (χ1) is 19.2. The van der Waals surface area contributed by atoms with Gasteiger partial charge in [0.15, 0.2) is 0 Å². The van der Waals surface area contributed by atoms with Crippen LogP contribution in [0.3, 0.4) is 0 Å². The fourth-order valence-corrected chi connectivity index (χ4v) is 5.85. The molecular weight excluding hydrogens is 530 g/mol. The highest BCUT2D eigenvalue weighted by Gasteiger charge is 2.42. The van der Waals surface area contributed by atoms with Gasteiger partial charge in [-0.25, -0.2) is 0 Å². The van der Waals surface area contributed by atoms with Crippen LogP contribution in [-0.4, -0.2) is 74.9 Å². The van der Waals surface area contributed by atoms with Gasteiger partial charge in [0.05, 0.1) is 37.1 Å². The minimum absolute atomic E-state index is 0.0150. The Morgan fingerprint density at radius 3 is 2.41 bits per heavy atom. The van der Waals surface area contributed by atoms with E-state index in [9.17, 15) is 34.8 Å². The molecule has 0 aromatic carbocycles. The van der Waals surface area contributed by atoms with E-state index in [1.54, 1.807) is 6.08 Å². The number of allylic oxidation sites excluding steroid dienone is 2. The molecule has 0 saturated carbocycles. The second-order valence-corrected chi connectivity index (χ2v) is 12.4. The van der Waals surface area contributed by atoms with Gasteiger partial charge in [0.2, 0.25) is 0 Å². The number of carboxylic acids is 1. The van der Waals surface area contributed by atoms with Crippen molar-refractivity contribution in [3.63, 3.8) is 0 Å². The van der Waals surface area contributed by atoms with Crippen LogP contribution in [0.4, 0.5) is 0 Å². The first-order valence-corrected chi connectivity index (χ1v) is 15.0. The number of carboxylic acid groups (broad SMARTS) is 1. The van der Waals surface area contributed by atoms with Gasteiger partial charge in [-0.15, -0.1) is 0 Å². The van der Waals surface area contributed by atoms with E-state index < -0.39 is 54.9 Å². The lowest BCUT2D eigenvalue weighted by molar-refractivity contribution is -0.160. The van der Waals surface area contributed by atoms with Crippen molar-refractivity contribution in [2.75, 3.05) is 0 Å². The molecule has 0 amide bonds. The smallest absolute Gasteiger partial charge is 0.308 e. The molecule has 2 rings (SSSR count). The molecule has 2 aliphatic carbocycles. The maximum atomic E-state index is 12.6. The second-order valence-electron chi connectivity index (χ2n) is 12.4. The monoisotopic (exact) mass is 581 g/mol. The zero-order valence-electron chi connectivity index (χ0n) is 25.1. The van der Waals surface area contributed by atoms with E-state index in [2.05, 4.69) is 13.0 Å². The van der Waals surface area contributed by atoms with Crippen LogP contribution in [0.25, 0.3) is 0 Å². The molecule has 0 heterocycles. The molecular formula is C31H51NO9. The lowest BCUT2D eigenvalue weighted by Gasteiger charge is -2.43. The molecule has 234 valence electrons. The molecule has 0 aromatic rings. The average molecular weight is 582 g/mol. The molecule has 0 spiro atoms. The predicted molar refractivity (Wildman–Crippen MR) is 153 cm³/mol. The number of esters is 2. The summed E-state index contributed by atoms with van der Waals surface area (Å²) in [5.41, 5.74) is 6.86. The summed E-state index contributed by atoms with van der Waals surface area (Å²) in [5, 5.41) is 40.9.